The molecular formula is C16H21FO. The molecule has 1 aliphatic rings. The molecule has 0 bridgehead atoms. The zero-order valence-electron chi connectivity index (χ0n) is 11.2. The van der Waals surface area contributed by atoms with Crippen molar-refractivity contribution in [3.8, 4) is 0 Å². The normalized spacial score (nSPS) is 30.9. The van der Waals surface area contributed by atoms with Gasteiger partial charge in [0, 0.05) is 12.3 Å². The molecule has 0 fully saturated rings. The molecule has 0 spiro atoms. The lowest BCUT2D eigenvalue weighted by Crippen LogP contribution is -2.32. The summed E-state index contributed by atoms with van der Waals surface area (Å²) in [6.07, 6.45) is 1.70. The first-order chi connectivity index (χ1) is 8.43. The number of halogens is 1. The Morgan fingerprint density at radius 3 is 2.44 bits per heavy atom. The van der Waals surface area contributed by atoms with Crippen molar-refractivity contribution in [3.63, 3.8) is 0 Å². The minimum absolute atomic E-state index is 0.0737. The van der Waals surface area contributed by atoms with Crippen LogP contribution in [0.25, 0.3) is 0 Å². The van der Waals surface area contributed by atoms with Crippen LogP contribution >= 0.6 is 0 Å². The van der Waals surface area contributed by atoms with Gasteiger partial charge in [0.1, 0.15) is 5.67 Å². The Balaban J connectivity index is 2.32. The average Bonchev–Trinajstić information content (AvgIpc) is 2.65. The first kappa shape index (κ1) is 13.3. The summed E-state index contributed by atoms with van der Waals surface area (Å²) in [4.78, 5) is 0. The number of allylic oxidation sites excluding steroid dienone is 1. The quantitative estimate of drug-likeness (QED) is 0.806. The predicted octanol–water partition coefficient (Wildman–Crippen LogP) is 3.85. The molecule has 18 heavy (non-hydrogen) atoms. The first-order valence-electron chi connectivity index (χ1n) is 6.55. The fourth-order valence-corrected chi connectivity index (χ4v) is 3.11. The van der Waals surface area contributed by atoms with Crippen LogP contribution in [0.1, 0.15) is 38.7 Å². The van der Waals surface area contributed by atoms with Crippen LogP contribution in [0.2, 0.25) is 0 Å². The topological polar surface area (TPSA) is 20.2 Å². The van der Waals surface area contributed by atoms with E-state index in [0.717, 1.165) is 11.1 Å². The zero-order valence-corrected chi connectivity index (χ0v) is 11.2. The largest absolute Gasteiger partial charge is 0.389 e. The minimum atomic E-state index is -1.26. The molecular weight excluding hydrogens is 227 g/mol. The summed E-state index contributed by atoms with van der Waals surface area (Å²) in [5.74, 6) is -0.163. The van der Waals surface area contributed by atoms with Crippen LogP contribution < -0.4 is 0 Å². The lowest BCUT2D eigenvalue weighted by Gasteiger charge is -2.32. The Labute approximate surface area is 108 Å². The molecule has 0 radical (unpaired) electrons. The van der Waals surface area contributed by atoms with Crippen LogP contribution in [-0.2, 0) is 0 Å². The van der Waals surface area contributed by atoms with E-state index in [1.165, 1.54) is 0 Å². The molecule has 1 aliphatic carbocycles. The number of hydrogen-bond donors (Lipinski definition) is 1. The van der Waals surface area contributed by atoms with Crippen LogP contribution in [0.3, 0.4) is 0 Å². The Morgan fingerprint density at radius 2 is 1.89 bits per heavy atom. The number of aliphatic hydroxyl groups is 1. The molecule has 0 saturated heterocycles. The molecule has 0 heterocycles. The number of hydrogen-bond acceptors (Lipinski definition) is 1. The lowest BCUT2D eigenvalue weighted by molar-refractivity contribution is 0.109. The third kappa shape index (κ3) is 2.35. The molecule has 1 N–H and O–H groups in total. The summed E-state index contributed by atoms with van der Waals surface area (Å²) in [6.45, 7) is 5.40. The van der Waals surface area contributed by atoms with Gasteiger partial charge in [-0.2, -0.15) is 0 Å². The maximum atomic E-state index is 14.7. The minimum Gasteiger partial charge on any atom is -0.389 e. The molecule has 1 aromatic rings. The Morgan fingerprint density at radius 1 is 1.28 bits per heavy atom. The van der Waals surface area contributed by atoms with Crippen molar-refractivity contribution in [3.05, 3.63) is 47.5 Å². The van der Waals surface area contributed by atoms with Crippen molar-refractivity contribution in [1.82, 2.24) is 0 Å². The highest BCUT2D eigenvalue weighted by Gasteiger charge is 2.45. The van der Waals surface area contributed by atoms with E-state index in [9.17, 15) is 9.50 Å². The van der Waals surface area contributed by atoms with Gasteiger partial charge < -0.3 is 5.11 Å². The molecule has 98 valence electrons. The number of alkyl halides is 1. The molecule has 4 atom stereocenters. The molecule has 0 amide bonds. The van der Waals surface area contributed by atoms with Crippen molar-refractivity contribution < 1.29 is 9.50 Å². The second kappa shape index (κ2) is 4.85. The maximum absolute atomic E-state index is 14.7. The molecule has 0 aliphatic heterocycles. The molecule has 1 aromatic carbocycles. The van der Waals surface area contributed by atoms with Gasteiger partial charge in [-0.1, -0.05) is 43.3 Å². The Hall–Kier alpha value is -1.15. The van der Waals surface area contributed by atoms with E-state index < -0.39 is 11.8 Å². The van der Waals surface area contributed by atoms with Crippen molar-refractivity contribution in [1.29, 1.82) is 0 Å². The summed E-state index contributed by atoms with van der Waals surface area (Å²) < 4.78 is 14.7. The molecule has 3 unspecified atom stereocenters. The standard InChI is InChI=1S/C16H21FO/c1-11(13-7-5-4-6-8-13)15-14(12(2)18)9-10-16(15,3)17/h4-9,11-12,15,18H,10H2,1-3H3/t11?,12?,15-,16?/m0/s1. The second-order valence-corrected chi connectivity index (χ2v) is 5.54. The van der Waals surface area contributed by atoms with E-state index in [4.69, 9.17) is 0 Å². The average molecular weight is 248 g/mol. The summed E-state index contributed by atoms with van der Waals surface area (Å²) >= 11 is 0. The van der Waals surface area contributed by atoms with Crippen LogP contribution in [-0.4, -0.2) is 16.9 Å². The van der Waals surface area contributed by atoms with Crippen LogP contribution in [0.4, 0.5) is 4.39 Å². The van der Waals surface area contributed by atoms with Gasteiger partial charge in [-0.3, -0.25) is 0 Å². The van der Waals surface area contributed by atoms with E-state index in [0.29, 0.717) is 6.42 Å². The van der Waals surface area contributed by atoms with E-state index in [1.807, 2.05) is 43.3 Å². The SMILES string of the molecule is CC(O)C1=CCC(C)(F)[C@H]1C(C)c1ccccc1. The number of rotatable bonds is 3. The maximum Gasteiger partial charge on any atom is 0.118 e. The van der Waals surface area contributed by atoms with E-state index in [1.54, 1.807) is 13.8 Å². The third-order valence-corrected chi connectivity index (χ3v) is 4.05. The van der Waals surface area contributed by atoms with E-state index >= 15 is 0 Å². The van der Waals surface area contributed by atoms with Gasteiger partial charge in [-0.05, 0) is 30.9 Å². The van der Waals surface area contributed by atoms with Gasteiger partial charge in [0.2, 0.25) is 0 Å². The number of aliphatic hydroxyl groups excluding tert-OH is 1. The molecule has 0 aromatic heterocycles. The van der Waals surface area contributed by atoms with Gasteiger partial charge in [0.05, 0.1) is 6.10 Å². The van der Waals surface area contributed by atoms with Gasteiger partial charge in [0.15, 0.2) is 0 Å². The Bertz CT molecular complexity index is 434. The molecule has 2 rings (SSSR count). The Kier molecular flexibility index (Phi) is 3.58. The van der Waals surface area contributed by atoms with Gasteiger partial charge >= 0.3 is 0 Å². The van der Waals surface area contributed by atoms with Crippen molar-refractivity contribution >= 4 is 0 Å². The van der Waals surface area contributed by atoms with Gasteiger partial charge in [0.25, 0.3) is 0 Å². The predicted molar refractivity (Wildman–Crippen MR) is 72.2 cm³/mol. The smallest absolute Gasteiger partial charge is 0.118 e. The first-order valence-corrected chi connectivity index (χ1v) is 6.55. The summed E-state index contributed by atoms with van der Waals surface area (Å²) in [5.41, 5.74) is 0.706. The second-order valence-electron chi connectivity index (χ2n) is 5.54. The summed E-state index contributed by atoms with van der Waals surface area (Å²) in [5, 5.41) is 9.82. The third-order valence-electron chi connectivity index (χ3n) is 4.05. The van der Waals surface area contributed by atoms with Gasteiger partial charge in [-0.15, -0.1) is 0 Å². The van der Waals surface area contributed by atoms with Crippen LogP contribution in [0.5, 0.6) is 0 Å². The highest BCUT2D eigenvalue weighted by atomic mass is 19.1. The van der Waals surface area contributed by atoms with Crippen LogP contribution in [0.15, 0.2) is 42.0 Å². The van der Waals surface area contributed by atoms with E-state index in [-0.39, 0.29) is 11.8 Å². The molecule has 0 saturated carbocycles. The summed E-state index contributed by atoms with van der Waals surface area (Å²) in [6, 6.07) is 9.96. The number of benzene rings is 1. The summed E-state index contributed by atoms with van der Waals surface area (Å²) in [7, 11) is 0. The van der Waals surface area contributed by atoms with Crippen molar-refractivity contribution in [2.75, 3.05) is 0 Å². The molecule has 1 nitrogen and oxygen atoms in total. The van der Waals surface area contributed by atoms with E-state index in [2.05, 4.69) is 0 Å². The van der Waals surface area contributed by atoms with Crippen molar-refractivity contribution in [2.45, 2.75) is 44.9 Å². The van der Waals surface area contributed by atoms with Crippen molar-refractivity contribution in [2.24, 2.45) is 5.92 Å². The lowest BCUT2D eigenvalue weighted by atomic mass is 9.75. The monoisotopic (exact) mass is 248 g/mol. The molecule has 2 heteroatoms. The van der Waals surface area contributed by atoms with Gasteiger partial charge in [-0.25, -0.2) is 4.39 Å². The zero-order chi connectivity index (χ0) is 13.3. The fraction of sp³-hybridized carbons (Fsp3) is 0.500. The highest BCUT2D eigenvalue weighted by Crippen LogP contribution is 2.47. The highest BCUT2D eigenvalue weighted by molar-refractivity contribution is 5.31. The fourth-order valence-electron chi connectivity index (χ4n) is 3.11. The van der Waals surface area contributed by atoms with Crippen LogP contribution in [0, 0.1) is 5.92 Å².